The maximum Gasteiger partial charge on any atom is 0.119 e. The van der Waals surface area contributed by atoms with Gasteiger partial charge in [0.05, 0.1) is 0 Å². The lowest BCUT2D eigenvalue weighted by molar-refractivity contribution is 0.306. The molecular weight excluding hydrogens is 244 g/mol. The number of aryl methyl sites for hydroxylation is 2. The van der Waals surface area contributed by atoms with Crippen molar-refractivity contribution in [1.29, 1.82) is 0 Å². The third-order valence-electron chi connectivity index (χ3n) is 3.41. The summed E-state index contributed by atoms with van der Waals surface area (Å²) in [5.74, 6) is 0.928. The molecule has 0 aliphatic carbocycles. The van der Waals surface area contributed by atoms with Crippen LogP contribution >= 0.6 is 0 Å². The zero-order valence-corrected chi connectivity index (χ0v) is 13.2. The Morgan fingerprint density at radius 1 is 0.850 bits per heavy atom. The molecule has 2 aromatic carbocycles. The second kappa shape index (κ2) is 5.70. The van der Waals surface area contributed by atoms with E-state index in [-0.39, 0.29) is 5.41 Å². The molecule has 0 aliphatic heterocycles. The van der Waals surface area contributed by atoms with E-state index in [2.05, 4.69) is 77.1 Å². The highest BCUT2D eigenvalue weighted by molar-refractivity contribution is 5.32. The molecule has 0 amide bonds. The molecule has 1 nitrogen and oxygen atoms in total. The lowest BCUT2D eigenvalue weighted by Crippen LogP contribution is -2.10. The van der Waals surface area contributed by atoms with Gasteiger partial charge in [-0.25, -0.2) is 0 Å². The zero-order valence-electron chi connectivity index (χ0n) is 13.2. The van der Waals surface area contributed by atoms with Gasteiger partial charge in [-0.05, 0) is 42.5 Å². The van der Waals surface area contributed by atoms with Crippen LogP contribution in [0.3, 0.4) is 0 Å². The van der Waals surface area contributed by atoms with Crippen molar-refractivity contribution in [3.8, 4) is 5.75 Å². The topological polar surface area (TPSA) is 9.23 Å². The van der Waals surface area contributed by atoms with Crippen molar-refractivity contribution in [2.75, 3.05) is 0 Å². The number of hydrogen-bond donors (Lipinski definition) is 0. The van der Waals surface area contributed by atoms with Crippen LogP contribution < -0.4 is 4.74 Å². The van der Waals surface area contributed by atoms with Gasteiger partial charge in [0, 0.05) is 0 Å². The first kappa shape index (κ1) is 14.6. The molecule has 0 saturated carbocycles. The van der Waals surface area contributed by atoms with Crippen molar-refractivity contribution in [2.24, 2.45) is 0 Å². The first-order valence-electron chi connectivity index (χ1n) is 7.15. The van der Waals surface area contributed by atoms with Gasteiger partial charge in [0.1, 0.15) is 12.4 Å². The normalized spacial score (nSPS) is 11.4. The Labute approximate surface area is 122 Å². The Morgan fingerprint density at radius 3 is 1.90 bits per heavy atom. The minimum absolute atomic E-state index is 0.187. The highest BCUT2D eigenvalue weighted by Crippen LogP contribution is 2.24. The summed E-state index contributed by atoms with van der Waals surface area (Å²) < 4.78 is 5.87. The van der Waals surface area contributed by atoms with Crippen LogP contribution in [0, 0.1) is 13.8 Å². The van der Waals surface area contributed by atoms with Gasteiger partial charge < -0.3 is 4.74 Å². The fraction of sp³-hybridized carbons (Fsp3) is 0.368. The van der Waals surface area contributed by atoms with E-state index in [1.165, 1.54) is 22.3 Å². The standard InChI is InChI=1S/C19H24O/c1-14-10-15(2)12-16(11-14)13-20-18-8-6-17(7-9-18)19(3,4)5/h6-12H,13H2,1-5H3. The van der Waals surface area contributed by atoms with Gasteiger partial charge in [-0.3, -0.25) is 0 Å². The van der Waals surface area contributed by atoms with Gasteiger partial charge in [-0.2, -0.15) is 0 Å². The predicted molar refractivity (Wildman–Crippen MR) is 85.4 cm³/mol. The van der Waals surface area contributed by atoms with E-state index in [1.54, 1.807) is 0 Å². The molecule has 1 heteroatoms. The molecule has 0 radical (unpaired) electrons. The maximum absolute atomic E-state index is 5.87. The molecular formula is C19H24O. The largest absolute Gasteiger partial charge is 0.489 e. The Hall–Kier alpha value is -1.76. The summed E-state index contributed by atoms with van der Waals surface area (Å²) in [6, 6.07) is 15.0. The van der Waals surface area contributed by atoms with Crippen LogP contribution in [0.2, 0.25) is 0 Å². The van der Waals surface area contributed by atoms with Gasteiger partial charge in [0.2, 0.25) is 0 Å². The van der Waals surface area contributed by atoms with E-state index in [0.29, 0.717) is 6.61 Å². The molecule has 20 heavy (non-hydrogen) atoms. The fourth-order valence-electron chi connectivity index (χ4n) is 2.37. The molecule has 0 bridgehead atoms. The fourth-order valence-corrected chi connectivity index (χ4v) is 2.37. The van der Waals surface area contributed by atoms with Crippen molar-refractivity contribution < 1.29 is 4.74 Å². The van der Waals surface area contributed by atoms with Crippen molar-refractivity contribution in [3.63, 3.8) is 0 Å². The minimum atomic E-state index is 0.187. The summed E-state index contributed by atoms with van der Waals surface area (Å²) in [5.41, 5.74) is 5.31. The van der Waals surface area contributed by atoms with Gasteiger partial charge in [-0.1, -0.05) is 62.2 Å². The Kier molecular flexibility index (Phi) is 4.17. The van der Waals surface area contributed by atoms with Crippen molar-refractivity contribution in [2.45, 2.75) is 46.6 Å². The van der Waals surface area contributed by atoms with Gasteiger partial charge in [0.15, 0.2) is 0 Å². The Morgan fingerprint density at radius 2 is 1.40 bits per heavy atom. The van der Waals surface area contributed by atoms with E-state index in [1.807, 2.05) is 0 Å². The summed E-state index contributed by atoms with van der Waals surface area (Å²) in [6.45, 7) is 11.5. The third-order valence-corrected chi connectivity index (χ3v) is 3.41. The summed E-state index contributed by atoms with van der Waals surface area (Å²) >= 11 is 0. The molecule has 0 unspecified atom stereocenters. The Bertz CT molecular complexity index is 553. The van der Waals surface area contributed by atoms with E-state index in [0.717, 1.165) is 5.75 Å². The van der Waals surface area contributed by atoms with E-state index in [4.69, 9.17) is 4.74 Å². The second-order valence-electron chi connectivity index (χ2n) is 6.56. The lowest BCUT2D eigenvalue weighted by Gasteiger charge is -2.19. The summed E-state index contributed by atoms with van der Waals surface area (Å²) in [4.78, 5) is 0. The average molecular weight is 268 g/mol. The van der Waals surface area contributed by atoms with Crippen LogP contribution in [0.4, 0.5) is 0 Å². The van der Waals surface area contributed by atoms with Crippen LogP contribution in [-0.2, 0) is 12.0 Å². The quantitative estimate of drug-likeness (QED) is 0.745. The van der Waals surface area contributed by atoms with Crippen molar-refractivity contribution >= 4 is 0 Å². The predicted octanol–water partition coefficient (Wildman–Crippen LogP) is 5.18. The molecule has 2 aromatic rings. The molecule has 0 fully saturated rings. The SMILES string of the molecule is Cc1cc(C)cc(COc2ccc(C(C)(C)C)cc2)c1. The van der Waals surface area contributed by atoms with Crippen LogP contribution in [0.25, 0.3) is 0 Å². The summed E-state index contributed by atoms with van der Waals surface area (Å²) in [7, 11) is 0. The molecule has 2 rings (SSSR count). The van der Waals surface area contributed by atoms with Gasteiger partial charge in [0.25, 0.3) is 0 Å². The Balaban J connectivity index is 2.04. The van der Waals surface area contributed by atoms with Crippen molar-refractivity contribution in [1.82, 2.24) is 0 Å². The molecule has 0 N–H and O–H groups in total. The van der Waals surface area contributed by atoms with Crippen LogP contribution in [0.15, 0.2) is 42.5 Å². The molecule has 0 aromatic heterocycles. The second-order valence-corrected chi connectivity index (χ2v) is 6.56. The van der Waals surface area contributed by atoms with E-state index in [9.17, 15) is 0 Å². The van der Waals surface area contributed by atoms with E-state index >= 15 is 0 Å². The molecule has 0 spiro atoms. The van der Waals surface area contributed by atoms with Crippen molar-refractivity contribution in [3.05, 3.63) is 64.7 Å². The number of rotatable bonds is 3. The number of ether oxygens (including phenoxy) is 1. The van der Waals surface area contributed by atoms with Crippen LogP contribution in [-0.4, -0.2) is 0 Å². The highest BCUT2D eigenvalue weighted by atomic mass is 16.5. The lowest BCUT2D eigenvalue weighted by atomic mass is 9.87. The molecule has 0 saturated heterocycles. The molecule has 0 aliphatic rings. The summed E-state index contributed by atoms with van der Waals surface area (Å²) in [6.07, 6.45) is 0. The molecule has 106 valence electrons. The van der Waals surface area contributed by atoms with Gasteiger partial charge in [-0.15, -0.1) is 0 Å². The van der Waals surface area contributed by atoms with E-state index < -0.39 is 0 Å². The number of hydrogen-bond acceptors (Lipinski definition) is 1. The molecule has 0 atom stereocenters. The minimum Gasteiger partial charge on any atom is -0.489 e. The summed E-state index contributed by atoms with van der Waals surface area (Å²) in [5, 5.41) is 0. The van der Waals surface area contributed by atoms with Crippen LogP contribution in [0.5, 0.6) is 5.75 Å². The monoisotopic (exact) mass is 268 g/mol. The molecule has 0 heterocycles. The first-order chi connectivity index (χ1) is 9.34. The average Bonchev–Trinajstić information content (AvgIpc) is 2.35. The van der Waals surface area contributed by atoms with Crippen LogP contribution in [0.1, 0.15) is 43.0 Å². The third kappa shape index (κ3) is 3.86. The van der Waals surface area contributed by atoms with Gasteiger partial charge >= 0.3 is 0 Å². The maximum atomic E-state index is 5.87. The first-order valence-corrected chi connectivity index (χ1v) is 7.15. The highest BCUT2D eigenvalue weighted by Gasteiger charge is 2.12. The number of benzene rings is 2. The smallest absolute Gasteiger partial charge is 0.119 e. The zero-order chi connectivity index (χ0) is 14.8.